The number of benzene rings is 3. The van der Waals surface area contributed by atoms with Crippen LogP contribution in [0.25, 0.3) is 11.1 Å². The third kappa shape index (κ3) is 7.10. The van der Waals surface area contributed by atoms with Crippen LogP contribution in [0.2, 0.25) is 0 Å². The van der Waals surface area contributed by atoms with E-state index in [1.165, 1.54) is 6.07 Å². The first-order chi connectivity index (χ1) is 18.4. The smallest absolute Gasteiger partial charge is 0.336 e. The van der Waals surface area contributed by atoms with Crippen molar-refractivity contribution in [1.29, 1.82) is 0 Å². The van der Waals surface area contributed by atoms with E-state index in [9.17, 15) is 27.9 Å². The molecule has 0 saturated heterocycles. The number of alkyl halides is 2. The van der Waals surface area contributed by atoms with Crippen LogP contribution in [0.15, 0.2) is 60.7 Å². The van der Waals surface area contributed by atoms with Crippen molar-refractivity contribution in [2.24, 2.45) is 11.8 Å². The summed E-state index contributed by atoms with van der Waals surface area (Å²) < 4.78 is 41.3. The van der Waals surface area contributed by atoms with Crippen LogP contribution in [-0.4, -0.2) is 36.1 Å². The number of halogens is 3. The molecule has 1 fully saturated rings. The van der Waals surface area contributed by atoms with Gasteiger partial charge in [-0.25, -0.2) is 22.8 Å². The quantitative estimate of drug-likeness (QED) is 0.261. The SMILES string of the molecule is Cc1ccc(NC(=O)Nc2cc(-c3cc(F)ccc3C(=O)O)ccc2N(CC(C)C)CC2CC(F)(F)C2)cc1. The van der Waals surface area contributed by atoms with E-state index in [4.69, 9.17) is 0 Å². The molecule has 0 unspecified atom stereocenters. The predicted molar refractivity (Wildman–Crippen MR) is 147 cm³/mol. The van der Waals surface area contributed by atoms with Gasteiger partial charge in [0.15, 0.2) is 0 Å². The molecule has 0 aromatic heterocycles. The van der Waals surface area contributed by atoms with Crippen molar-refractivity contribution in [2.75, 3.05) is 28.6 Å². The highest BCUT2D eigenvalue weighted by molar-refractivity contribution is 6.03. The molecule has 4 rings (SSSR count). The summed E-state index contributed by atoms with van der Waals surface area (Å²) in [5.74, 6) is -4.47. The minimum atomic E-state index is -2.66. The highest BCUT2D eigenvalue weighted by Crippen LogP contribution is 2.44. The highest BCUT2D eigenvalue weighted by Gasteiger charge is 2.45. The topological polar surface area (TPSA) is 81.7 Å². The summed E-state index contributed by atoms with van der Waals surface area (Å²) in [5, 5.41) is 15.3. The molecule has 39 heavy (non-hydrogen) atoms. The molecule has 0 spiro atoms. The van der Waals surface area contributed by atoms with E-state index in [0.29, 0.717) is 35.7 Å². The molecule has 1 saturated carbocycles. The van der Waals surface area contributed by atoms with E-state index < -0.39 is 23.7 Å². The monoisotopic (exact) mass is 539 g/mol. The second-order valence-electron chi connectivity index (χ2n) is 10.6. The van der Waals surface area contributed by atoms with Gasteiger partial charge in [0, 0.05) is 31.6 Å². The molecular formula is C30H32F3N3O3. The average molecular weight is 540 g/mol. The van der Waals surface area contributed by atoms with Gasteiger partial charge in [0.2, 0.25) is 5.92 Å². The minimum absolute atomic E-state index is 0.0880. The Morgan fingerprint density at radius 1 is 1.03 bits per heavy atom. The van der Waals surface area contributed by atoms with Crippen molar-refractivity contribution in [3.05, 3.63) is 77.6 Å². The number of hydrogen-bond donors (Lipinski definition) is 3. The number of urea groups is 1. The Morgan fingerprint density at radius 3 is 2.33 bits per heavy atom. The summed E-state index contributed by atoms with van der Waals surface area (Å²) in [6.07, 6.45) is -0.386. The predicted octanol–water partition coefficient (Wildman–Crippen LogP) is 7.65. The van der Waals surface area contributed by atoms with E-state index in [-0.39, 0.29) is 35.8 Å². The van der Waals surface area contributed by atoms with Crippen LogP contribution in [0, 0.1) is 24.6 Å². The van der Waals surface area contributed by atoms with Crippen molar-refractivity contribution < 1.29 is 27.9 Å². The van der Waals surface area contributed by atoms with Gasteiger partial charge >= 0.3 is 12.0 Å². The second-order valence-corrected chi connectivity index (χ2v) is 10.6. The van der Waals surface area contributed by atoms with Crippen molar-refractivity contribution in [2.45, 2.75) is 39.5 Å². The van der Waals surface area contributed by atoms with Gasteiger partial charge in [-0.3, -0.25) is 0 Å². The molecule has 9 heteroatoms. The first kappa shape index (κ1) is 28.0. The average Bonchev–Trinajstić information content (AvgIpc) is 2.83. The van der Waals surface area contributed by atoms with Crippen LogP contribution >= 0.6 is 0 Å². The fourth-order valence-corrected chi connectivity index (χ4v) is 4.88. The number of nitrogens with zero attached hydrogens (tertiary/aromatic N) is 1. The van der Waals surface area contributed by atoms with Gasteiger partial charge in [-0.05, 0) is 72.4 Å². The van der Waals surface area contributed by atoms with E-state index >= 15 is 0 Å². The van der Waals surface area contributed by atoms with Gasteiger partial charge in [-0.2, -0.15) is 0 Å². The third-order valence-corrected chi connectivity index (χ3v) is 6.66. The molecule has 0 aliphatic heterocycles. The fraction of sp³-hybridized carbons (Fsp3) is 0.333. The summed E-state index contributed by atoms with van der Waals surface area (Å²) in [7, 11) is 0. The van der Waals surface area contributed by atoms with Crippen molar-refractivity contribution >= 4 is 29.1 Å². The molecule has 0 atom stereocenters. The number of anilines is 3. The zero-order valence-electron chi connectivity index (χ0n) is 22.1. The standard InChI is InChI=1S/C30H32F3N3O3/c1-18(2)16-36(17-20-14-30(32,33)15-20)27-11-6-21(25-13-22(31)7-10-24(25)28(37)38)12-26(27)35-29(39)34-23-8-4-19(3)5-9-23/h4-13,18,20H,14-17H2,1-3H3,(H,37,38)(H2,34,35,39). The molecule has 2 amide bonds. The number of aryl methyl sites for hydroxylation is 1. The summed E-state index contributed by atoms with van der Waals surface area (Å²) in [6.45, 7) is 6.89. The zero-order valence-corrected chi connectivity index (χ0v) is 22.1. The number of hydrogen-bond acceptors (Lipinski definition) is 3. The minimum Gasteiger partial charge on any atom is -0.478 e. The number of carbonyl (C=O) groups is 2. The van der Waals surface area contributed by atoms with Gasteiger partial charge in [-0.15, -0.1) is 0 Å². The van der Waals surface area contributed by atoms with Crippen molar-refractivity contribution in [3.8, 4) is 11.1 Å². The molecule has 206 valence electrons. The molecule has 1 aliphatic carbocycles. The summed E-state index contributed by atoms with van der Waals surface area (Å²) in [4.78, 5) is 26.8. The number of aromatic carboxylic acids is 1. The van der Waals surface area contributed by atoms with E-state index in [2.05, 4.69) is 10.6 Å². The van der Waals surface area contributed by atoms with Crippen LogP contribution in [0.4, 0.5) is 35.0 Å². The van der Waals surface area contributed by atoms with Gasteiger partial charge in [0.05, 0.1) is 16.9 Å². The Balaban J connectivity index is 1.72. The van der Waals surface area contributed by atoms with Crippen LogP contribution in [0.3, 0.4) is 0 Å². The number of nitrogens with one attached hydrogen (secondary N) is 2. The number of rotatable bonds is 9. The van der Waals surface area contributed by atoms with Crippen LogP contribution in [-0.2, 0) is 0 Å². The Morgan fingerprint density at radius 2 is 1.72 bits per heavy atom. The lowest BCUT2D eigenvalue weighted by atomic mass is 9.81. The van der Waals surface area contributed by atoms with E-state index in [1.54, 1.807) is 30.3 Å². The van der Waals surface area contributed by atoms with Gasteiger partial charge in [-0.1, -0.05) is 37.6 Å². The number of carboxylic acid groups (broad SMARTS) is 1. The van der Waals surface area contributed by atoms with Crippen molar-refractivity contribution in [3.63, 3.8) is 0 Å². The molecule has 3 aromatic rings. The number of carboxylic acids is 1. The van der Waals surface area contributed by atoms with Crippen LogP contribution in [0.5, 0.6) is 0 Å². The molecular weight excluding hydrogens is 507 g/mol. The van der Waals surface area contributed by atoms with Crippen LogP contribution < -0.4 is 15.5 Å². The molecule has 3 aromatic carbocycles. The summed E-state index contributed by atoms with van der Waals surface area (Å²) in [5.41, 5.74) is 3.02. The lowest BCUT2D eigenvalue weighted by molar-refractivity contribution is -0.107. The molecule has 6 nitrogen and oxygen atoms in total. The summed E-state index contributed by atoms with van der Waals surface area (Å²) in [6, 6.07) is 15.1. The van der Waals surface area contributed by atoms with Gasteiger partial charge < -0.3 is 20.6 Å². The third-order valence-electron chi connectivity index (χ3n) is 6.66. The first-order valence-corrected chi connectivity index (χ1v) is 12.8. The van der Waals surface area contributed by atoms with E-state index in [1.807, 2.05) is 37.8 Å². The normalized spacial score (nSPS) is 14.5. The fourth-order valence-electron chi connectivity index (χ4n) is 4.88. The van der Waals surface area contributed by atoms with Gasteiger partial charge in [0.1, 0.15) is 5.82 Å². The maximum atomic E-state index is 14.1. The largest absolute Gasteiger partial charge is 0.478 e. The lowest BCUT2D eigenvalue weighted by Gasteiger charge is -2.40. The first-order valence-electron chi connectivity index (χ1n) is 12.8. The number of amides is 2. The second kappa shape index (κ2) is 11.4. The van der Waals surface area contributed by atoms with Crippen LogP contribution in [0.1, 0.15) is 42.6 Å². The molecule has 0 radical (unpaired) electrons. The van der Waals surface area contributed by atoms with Gasteiger partial charge in [0.25, 0.3) is 0 Å². The Hall–Kier alpha value is -4.01. The zero-order chi connectivity index (χ0) is 28.3. The molecule has 1 aliphatic rings. The molecule has 0 heterocycles. The molecule has 3 N–H and O–H groups in total. The maximum absolute atomic E-state index is 14.1. The van der Waals surface area contributed by atoms with E-state index in [0.717, 1.165) is 17.7 Å². The highest BCUT2D eigenvalue weighted by atomic mass is 19.3. The lowest BCUT2D eigenvalue weighted by Crippen LogP contribution is -2.44. The summed E-state index contributed by atoms with van der Waals surface area (Å²) >= 11 is 0. The Labute approximate surface area is 225 Å². The number of carbonyl (C=O) groups excluding carboxylic acids is 1. The maximum Gasteiger partial charge on any atom is 0.336 e. The molecule has 0 bridgehead atoms. The van der Waals surface area contributed by atoms with Crippen molar-refractivity contribution in [1.82, 2.24) is 0 Å². The Kier molecular flexibility index (Phi) is 8.18. The Bertz CT molecular complexity index is 1350.